The summed E-state index contributed by atoms with van der Waals surface area (Å²) >= 11 is 2.03. The van der Waals surface area contributed by atoms with Crippen molar-refractivity contribution >= 4 is 11.8 Å². The molecule has 2 rings (SSSR count). The van der Waals surface area contributed by atoms with Crippen molar-refractivity contribution in [3.8, 4) is 11.5 Å². The molecule has 0 spiro atoms. The first-order valence-electron chi connectivity index (χ1n) is 11.5. The van der Waals surface area contributed by atoms with Crippen LogP contribution in [0.4, 0.5) is 0 Å². The Kier molecular flexibility index (Phi) is 8.55. The van der Waals surface area contributed by atoms with E-state index >= 15 is 0 Å². The molecule has 0 radical (unpaired) electrons. The molecule has 0 unspecified atom stereocenters. The van der Waals surface area contributed by atoms with E-state index in [-0.39, 0.29) is 10.8 Å². The van der Waals surface area contributed by atoms with E-state index in [1.165, 1.54) is 11.1 Å². The highest BCUT2D eigenvalue weighted by atomic mass is 32.2. The lowest BCUT2D eigenvalue weighted by molar-refractivity contribution is 0.441. The van der Waals surface area contributed by atoms with Gasteiger partial charge in [-0.1, -0.05) is 65.8 Å². The van der Waals surface area contributed by atoms with Crippen molar-refractivity contribution in [1.82, 2.24) is 0 Å². The SMILES string of the molecule is Cc1cc(CCCSCCCc2cc(C)c(O)c(C(C)(C)C)c2)cc(C(C)(C)C)c1O. The molecule has 0 fully saturated rings. The van der Waals surface area contributed by atoms with Crippen LogP contribution in [0.15, 0.2) is 24.3 Å². The van der Waals surface area contributed by atoms with Crippen LogP contribution in [0.25, 0.3) is 0 Å². The first-order valence-corrected chi connectivity index (χ1v) is 12.7. The maximum absolute atomic E-state index is 10.4. The van der Waals surface area contributed by atoms with Gasteiger partial charge in [-0.05, 0) is 95.2 Å². The molecule has 0 aliphatic heterocycles. The van der Waals surface area contributed by atoms with Gasteiger partial charge in [0.15, 0.2) is 0 Å². The third-order valence-corrected chi connectivity index (χ3v) is 7.00. The van der Waals surface area contributed by atoms with Gasteiger partial charge in [0.05, 0.1) is 0 Å². The Balaban J connectivity index is 1.80. The minimum absolute atomic E-state index is 0.0426. The highest BCUT2D eigenvalue weighted by Gasteiger charge is 2.21. The number of benzene rings is 2. The van der Waals surface area contributed by atoms with Crippen LogP contribution < -0.4 is 0 Å². The van der Waals surface area contributed by atoms with Gasteiger partial charge in [0.25, 0.3) is 0 Å². The summed E-state index contributed by atoms with van der Waals surface area (Å²) in [4.78, 5) is 0. The highest BCUT2D eigenvalue weighted by Crippen LogP contribution is 2.35. The first kappa shape index (κ1) is 25.6. The average Bonchev–Trinajstić information content (AvgIpc) is 2.64. The van der Waals surface area contributed by atoms with Gasteiger partial charge in [-0.25, -0.2) is 0 Å². The summed E-state index contributed by atoms with van der Waals surface area (Å²) < 4.78 is 0. The summed E-state index contributed by atoms with van der Waals surface area (Å²) in [5.74, 6) is 3.22. The zero-order chi connectivity index (χ0) is 23.4. The summed E-state index contributed by atoms with van der Waals surface area (Å²) in [5.41, 5.74) is 6.63. The number of hydrogen-bond acceptors (Lipinski definition) is 3. The quantitative estimate of drug-likeness (QED) is 0.413. The lowest BCUT2D eigenvalue weighted by Crippen LogP contribution is -2.12. The maximum Gasteiger partial charge on any atom is 0.122 e. The second kappa shape index (κ2) is 10.3. The molecule has 0 heterocycles. The predicted octanol–water partition coefficient (Wildman–Crippen LogP) is 7.61. The summed E-state index contributed by atoms with van der Waals surface area (Å²) in [6.07, 6.45) is 4.43. The smallest absolute Gasteiger partial charge is 0.122 e. The number of rotatable bonds is 8. The molecule has 3 heteroatoms. The number of phenolic OH excluding ortho intramolecular Hbond substituents is 2. The van der Waals surface area contributed by atoms with Gasteiger partial charge >= 0.3 is 0 Å². The van der Waals surface area contributed by atoms with Crippen molar-refractivity contribution in [3.63, 3.8) is 0 Å². The van der Waals surface area contributed by atoms with E-state index in [0.717, 1.165) is 59.4 Å². The van der Waals surface area contributed by atoms with Gasteiger partial charge in [-0.3, -0.25) is 0 Å². The number of phenols is 2. The van der Waals surface area contributed by atoms with Crippen molar-refractivity contribution in [1.29, 1.82) is 0 Å². The van der Waals surface area contributed by atoms with E-state index in [1.54, 1.807) is 0 Å². The minimum Gasteiger partial charge on any atom is -0.507 e. The van der Waals surface area contributed by atoms with E-state index in [2.05, 4.69) is 65.8 Å². The Morgan fingerprint density at radius 1 is 0.645 bits per heavy atom. The normalized spacial score (nSPS) is 12.4. The predicted molar refractivity (Wildman–Crippen MR) is 137 cm³/mol. The molecule has 0 amide bonds. The van der Waals surface area contributed by atoms with Crippen LogP contribution in [0, 0.1) is 13.8 Å². The van der Waals surface area contributed by atoms with Gasteiger partial charge < -0.3 is 10.2 Å². The minimum atomic E-state index is -0.0426. The molecule has 2 nitrogen and oxygen atoms in total. The first-order chi connectivity index (χ1) is 14.3. The van der Waals surface area contributed by atoms with Crippen LogP contribution in [0.1, 0.15) is 87.8 Å². The van der Waals surface area contributed by atoms with E-state index in [4.69, 9.17) is 0 Å². The molecule has 0 aromatic heterocycles. The molecule has 0 aliphatic rings. The topological polar surface area (TPSA) is 40.5 Å². The molecule has 0 saturated carbocycles. The van der Waals surface area contributed by atoms with Crippen LogP contribution in [-0.2, 0) is 23.7 Å². The Morgan fingerprint density at radius 3 is 1.32 bits per heavy atom. The third kappa shape index (κ3) is 7.20. The van der Waals surface area contributed by atoms with E-state index in [1.807, 2.05) is 25.6 Å². The molecule has 2 aromatic carbocycles. The molecule has 2 aromatic rings. The van der Waals surface area contributed by atoms with Crippen LogP contribution in [0.3, 0.4) is 0 Å². The van der Waals surface area contributed by atoms with Crippen molar-refractivity contribution in [2.75, 3.05) is 11.5 Å². The molecule has 172 valence electrons. The Morgan fingerprint density at radius 2 is 1.00 bits per heavy atom. The molecule has 31 heavy (non-hydrogen) atoms. The zero-order valence-electron chi connectivity index (χ0n) is 20.9. The lowest BCUT2D eigenvalue weighted by Gasteiger charge is -2.23. The Bertz CT molecular complexity index is 812. The van der Waals surface area contributed by atoms with Gasteiger partial charge in [0, 0.05) is 0 Å². The fourth-order valence-electron chi connectivity index (χ4n) is 4.00. The standard InChI is InChI=1S/C28H42O2S/c1-19-15-21(17-23(25(19)29)27(3,4)5)11-9-13-31-14-10-12-22-16-20(2)26(30)24(18-22)28(6,7)8/h15-18,29-30H,9-14H2,1-8H3. The molecule has 0 aliphatic carbocycles. The molecular weight excluding hydrogens is 400 g/mol. The van der Waals surface area contributed by atoms with E-state index in [0.29, 0.717) is 11.5 Å². The second-order valence-corrected chi connectivity index (χ2v) is 12.2. The van der Waals surface area contributed by atoms with Gasteiger partial charge in [-0.15, -0.1) is 0 Å². The fraction of sp³-hybridized carbons (Fsp3) is 0.571. The third-order valence-electron chi connectivity index (χ3n) is 5.84. The van der Waals surface area contributed by atoms with Gasteiger partial charge in [0.1, 0.15) is 11.5 Å². The van der Waals surface area contributed by atoms with Crippen molar-refractivity contribution in [3.05, 3.63) is 57.6 Å². The second-order valence-electron chi connectivity index (χ2n) is 10.9. The van der Waals surface area contributed by atoms with E-state index < -0.39 is 0 Å². The number of aryl methyl sites for hydroxylation is 4. The van der Waals surface area contributed by atoms with Crippen LogP contribution in [0.2, 0.25) is 0 Å². The summed E-state index contributed by atoms with van der Waals surface area (Å²) in [7, 11) is 0. The van der Waals surface area contributed by atoms with Crippen molar-refractivity contribution in [2.45, 2.75) is 91.9 Å². The monoisotopic (exact) mass is 442 g/mol. The number of aromatic hydroxyl groups is 2. The average molecular weight is 443 g/mol. The molecule has 0 atom stereocenters. The van der Waals surface area contributed by atoms with Gasteiger partial charge in [0.2, 0.25) is 0 Å². The number of thioether (sulfide) groups is 1. The molecular formula is C28H42O2S. The van der Waals surface area contributed by atoms with Crippen LogP contribution in [0.5, 0.6) is 11.5 Å². The maximum atomic E-state index is 10.4. The molecule has 2 N–H and O–H groups in total. The zero-order valence-corrected chi connectivity index (χ0v) is 21.7. The summed E-state index contributed by atoms with van der Waals surface area (Å²) in [6.45, 7) is 16.9. The summed E-state index contributed by atoms with van der Waals surface area (Å²) in [6, 6.07) is 8.64. The van der Waals surface area contributed by atoms with Gasteiger partial charge in [-0.2, -0.15) is 11.8 Å². The Hall–Kier alpha value is -1.61. The molecule has 0 bridgehead atoms. The fourth-order valence-corrected chi connectivity index (χ4v) is 4.90. The van der Waals surface area contributed by atoms with Crippen LogP contribution >= 0.6 is 11.8 Å². The van der Waals surface area contributed by atoms with Crippen molar-refractivity contribution < 1.29 is 10.2 Å². The largest absolute Gasteiger partial charge is 0.507 e. The lowest BCUT2D eigenvalue weighted by atomic mass is 9.84. The number of hydrogen-bond donors (Lipinski definition) is 2. The molecule has 0 saturated heterocycles. The van der Waals surface area contributed by atoms with Crippen LogP contribution in [-0.4, -0.2) is 21.7 Å². The van der Waals surface area contributed by atoms with E-state index in [9.17, 15) is 10.2 Å². The summed E-state index contributed by atoms with van der Waals surface area (Å²) in [5, 5.41) is 20.8. The Labute approximate surface area is 194 Å². The highest BCUT2D eigenvalue weighted by molar-refractivity contribution is 7.99. The van der Waals surface area contributed by atoms with Crippen molar-refractivity contribution in [2.24, 2.45) is 0 Å².